The van der Waals surface area contributed by atoms with Crippen LogP contribution in [0.15, 0.2) is 46.9 Å². The Hall–Kier alpha value is -2.49. The van der Waals surface area contributed by atoms with Gasteiger partial charge in [0.05, 0.1) is 18.5 Å². The van der Waals surface area contributed by atoms with Crippen LogP contribution >= 0.6 is 0 Å². The summed E-state index contributed by atoms with van der Waals surface area (Å²) in [5.74, 6) is 0.800. The molecular formula is C17H17N3O. The van der Waals surface area contributed by atoms with Crippen molar-refractivity contribution >= 4 is 11.8 Å². The fourth-order valence-corrected chi connectivity index (χ4v) is 3.00. The predicted molar refractivity (Wildman–Crippen MR) is 83.2 cm³/mol. The molecule has 0 amide bonds. The molecule has 0 bridgehead atoms. The van der Waals surface area contributed by atoms with Gasteiger partial charge < -0.3 is 14.7 Å². The van der Waals surface area contributed by atoms with Crippen LogP contribution in [-0.4, -0.2) is 22.8 Å². The highest BCUT2D eigenvalue weighted by Crippen LogP contribution is 2.27. The number of hydrogen-bond acceptors (Lipinski definition) is 2. The minimum absolute atomic E-state index is 0.800. The summed E-state index contributed by atoms with van der Waals surface area (Å²) in [5, 5.41) is 0. The Balaban J connectivity index is 1.69. The molecule has 4 rings (SSSR count). The molecule has 0 radical (unpaired) electrons. The Morgan fingerprint density at radius 1 is 1.33 bits per heavy atom. The first kappa shape index (κ1) is 12.3. The summed E-state index contributed by atoms with van der Waals surface area (Å²) in [6.45, 7) is 0. The lowest BCUT2D eigenvalue weighted by Crippen LogP contribution is -1.93. The number of rotatable bonds is 3. The van der Waals surface area contributed by atoms with Gasteiger partial charge in [0.25, 0.3) is 0 Å². The standard InChI is InChI=1S/C17H17N3O/c1-21-17-10-15(14-6-3-7-18-14)20-16(17)9-12-8-11-4-2-5-13(11)19-12/h3,6-10,18-19H,2,4-5H2,1H3/b16-9+. The third kappa shape index (κ3) is 2.13. The fraction of sp³-hybridized carbons (Fsp3) is 0.235. The summed E-state index contributed by atoms with van der Waals surface area (Å²) in [6.07, 6.45) is 9.52. The Morgan fingerprint density at radius 2 is 2.29 bits per heavy atom. The average molecular weight is 279 g/mol. The van der Waals surface area contributed by atoms with E-state index in [-0.39, 0.29) is 0 Å². The number of aliphatic imine (C=N–C) groups is 1. The number of H-pyrrole nitrogens is 2. The molecule has 1 aliphatic heterocycles. The molecule has 4 heteroatoms. The van der Waals surface area contributed by atoms with E-state index in [0.29, 0.717) is 0 Å². The van der Waals surface area contributed by atoms with Gasteiger partial charge in [0, 0.05) is 23.7 Å². The maximum atomic E-state index is 5.45. The normalized spacial score (nSPS) is 18.8. The van der Waals surface area contributed by atoms with Gasteiger partial charge in [0.15, 0.2) is 0 Å². The predicted octanol–water partition coefficient (Wildman–Crippen LogP) is 3.21. The molecule has 0 atom stereocenters. The molecular weight excluding hydrogens is 262 g/mol. The molecule has 106 valence electrons. The van der Waals surface area contributed by atoms with E-state index < -0.39 is 0 Å². The number of hydrogen-bond donors (Lipinski definition) is 2. The summed E-state index contributed by atoms with van der Waals surface area (Å²) < 4.78 is 5.45. The van der Waals surface area contributed by atoms with Crippen LogP contribution in [0, 0.1) is 0 Å². The van der Waals surface area contributed by atoms with Gasteiger partial charge in [0.2, 0.25) is 0 Å². The molecule has 21 heavy (non-hydrogen) atoms. The summed E-state index contributed by atoms with van der Waals surface area (Å²) in [7, 11) is 1.68. The quantitative estimate of drug-likeness (QED) is 0.890. The molecule has 3 heterocycles. The van der Waals surface area contributed by atoms with Crippen LogP contribution in [0.4, 0.5) is 0 Å². The lowest BCUT2D eigenvalue weighted by Gasteiger charge is -2.00. The van der Waals surface area contributed by atoms with E-state index in [2.05, 4.69) is 27.1 Å². The fourth-order valence-electron chi connectivity index (χ4n) is 3.00. The third-order valence-corrected chi connectivity index (χ3v) is 4.03. The highest BCUT2D eigenvalue weighted by Gasteiger charge is 2.18. The highest BCUT2D eigenvalue weighted by atomic mass is 16.5. The van der Waals surface area contributed by atoms with Gasteiger partial charge in [-0.25, -0.2) is 4.99 Å². The second-order valence-corrected chi connectivity index (χ2v) is 5.41. The number of ether oxygens (including phenoxy) is 1. The van der Waals surface area contributed by atoms with Crippen molar-refractivity contribution in [1.29, 1.82) is 0 Å². The van der Waals surface area contributed by atoms with Crippen molar-refractivity contribution in [2.45, 2.75) is 19.3 Å². The van der Waals surface area contributed by atoms with E-state index in [1.165, 1.54) is 24.1 Å². The van der Waals surface area contributed by atoms with Crippen molar-refractivity contribution in [1.82, 2.24) is 9.97 Å². The summed E-state index contributed by atoms with van der Waals surface area (Å²) >= 11 is 0. The zero-order chi connectivity index (χ0) is 14.2. The molecule has 2 N–H and O–H groups in total. The molecule has 2 aliphatic rings. The van der Waals surface area contributed by atoms with Gasteiger partial charge >= 0.3 is 0 Å². The zero-order valence-corrected chi connectivity index (χ0v) is 11.9. The molecule has 0 aromatic carbocycles. The smallest absolute Gasteiger partial charge is 0.146 e. The summed E-state index contributed by atoms with van der Waals surface area (Å²) in [6, 6.07) is 6.20. The first-order valence-corrected chi connectivity index (χ1v) is 7.24. The van der Waals surface area contributed by atoms with Gasteiger partial charge in [-0.15, -0.1) is 0 Å². The van der Waals surface area contributed by atoms with Crippen LogP contribution in [0.1, 0.15) is 29.1 Å². The zero-order valence-electron chi connectivity index (χ0n) is 11.9. The molecule has 0 saturated carbocycles. The number of methoxy groups -OCH3 is 1. The topological polar surface area (TPSA) is 53.2 Å². The van der Waals surface area contributed by atoms with Crippen molar-refractivity contribution in [3.8, 4) is 0 Å². The number of aromatic nitrogens is 2. The molecule has 0 saturated heterocycles. The minimum atomic E-state index is 0.800. The first-order valence-electron chi connectivity index (χ1n) is 7.24. The molecule has 4 nitrogen and oxygen atoms in total. The van der Waals surface area contributed by atoms with Crippen molar-refractivity contribution in [2.75, 3.05) is 7.11 Å². The Kier molecular flexibility index (Phi) is 2.81. The van der Waals surface area contributed by atoms with E-state index in [1.54, 1.807) is 7.11 Å². The number of aromatic amines is 2. The molecule has 0 fully saturated rings. The number of fused-ring (bicyclic) bond motifs is 1. The lowest BCUT2D eigenvalue weighted by atomic mass is 10.2. The second-order valence-electron chi connectivity index (χ2n) is 5.41. The van der Waals surface area contributed by atoms with Crippen molar-refractivity contribution < 1.29 is 4.74 Å². The lowest BCUT2D eigenvalue weighted by molar-refractivity contribution is 0.303. The molecule has 2 aromatic heterocycles. The van der Waals surface area contributed by atoms with Crippen molar-refractivity contribution in [3.05, 3.63) is 64.6 Å². The van der Waals surface area contributed by atoms with Crippen LogP contribution in [0.5, 0.6) is 0 Å². The van der Waals surface area contributed by atoms with Crippen LogP contribution in [0.3, 0.4) is 0 Å². The Labute approximate surface area is 123 Å². The van der Waals surface area contributed by atoms with E-state index in [0.717, 1.165) is 35.0 Å². The van der Waals surface area contributed by atoms with Gasteiger partial charge in [-0.05, 0) is 49.1 Å². The van der Waals surface area contributed by atoms with Gasteiger partial charge in [0.1, 0.15) is 11.5 Å². The number of allylic oxidation sites excluding steroid dienone is 1. The van der Waals surface area contributed by atoms with E-state index in [4.69, 9.17) is 4.74 Å². The maximum Gasteiger partial charge on any atom is 0.146 e. The number of nitrogens with one attached hydrogen (secondary N) is 2. The maximum absolute atomic E-state index is 5.45. The van der Waals surface area contributed by atoms with E-state index in [1.807, 2.05) is 24.4 Å². The Bertz CT molecular complexity index is 739. The molecule has 2 aromatic rings. The number of nitrogens with zero attached hydrogens (tertiary/aromatic N) is 1. The Morgan fingerprint density at radius 3 is 3.05 bits per heavy atom. The largest absolute Gasteiger partial charge is 0.494 e. The highest BCUT2D eigenvalue weighted by molar-refractivity contribution is 6.11. The SMILES string of the molecule is COC1=CC(c2ccc[nH]2)=N/C1=C/c1cc2c([nH]1)CCC2. The molecule has 0 unspecified atom stereocenters. The summed E-state index contributed by atoms with van der Waals surface area (Å²) in [4.78, 5) is 11.3. The van der Waals surface area contributed by atoms with Gasteiger partial charge in [-0.3, -0.25) is 0 Å². The summed E-state index contributed by atoms with van der Waals surface area (Å²) in [5.41, 5.74) is 6.69. The van der Waals surface area contributed by atoms with Crippen LogP contribution in [-0.2, 0) is 17.6 Å². The minimum Gasteiger partial charge on any atom is -0.494 e. The van der Waals surface area contributed by atoms with Crippen LogP contribution in [0.25, 0.3) is 6.08 Å². The molecule has 1 aliphatic carbocycles. The van der Waals surface area contributed by atoms with Crippen molar-refractivity contribution in [3.63, 3.8) is 0 Å². The molecule has 0 spiro atoms. The van der Waals surface area contributed by atoms with Gasteiger partial charge in [-0.1, -0.05) is 0 Å². The first-order chi connectivity index (χ1) is 10.3. The second kappa shape index (κ2) is 4.81. The van der Waals surface area contributed by atoms with Crippen molar-refractivity contribution in [2.24, 2.45) is 4.99 Å². The van der Waals surface area contributed by atoms with Gasteiger partial charge in [-0.2, -0.15) is 0 Å². The average Bonchev–Trinajstić information content (AvgIpc) is 3.22. The van der Waals surface area contributed by atoms with Crippen LogP contribution < -0.4 is 0 Å². The van der Waals surface area contributed by atoms with E-state index in [9.17, 15) is 0 Å². The third-order valence-electron chi connectivity index (χ3n) is 4.03. The monoisotopic (exact) mass is 279 g/mol. The van der Waals surface area contributed by atoms with E-state index >= 15 is 0 Å². The number of aryl methyl sites for hydroxylation is 2. The van der Waals surface area contributed by atoms with Crippen LogP contribution in [0.2, 0.25) is 0 Å².